The van der Waals surface area contributed by atoms with Gasteiger partial charge in [-0.3, -0.25) is 4.79 Å². The fraction of sp³-hybridized carbons (Fsp3) is 0.273. The Bertz CT molecular complexity index is 945. The highest BCUT2D eigenvalue weighted by molar-refractivity contribution is 5.65. The quantitative estimate of drug-likeness (QED) is 0.775. The number of hydrogen-bond acceptors (Lipinski definition) is 4. The van der Waals surface area contributed by atoms with Crippen LogP contribution in [-0.4, -0.2) is 22.9 Å². The van der Waals surface area contributed by atoms with Crippen LogP contribution in [0.1, 0.15) is 18.4 Å². The van der Waals surface area contributed by atoms with Crippen molar-refractivity contribution in [1.82, 2.24) is 9.78 Å². The predicted molar refractivity (Wildman–Crippen MR) is 109 cm³/mol. The third-order valence-corrected chi connectivity index (χ3v) is 5.32. The molecule has 138 valence electrons. The second-order valence-electron chi connectivity index (χ2n) is 7.12. The lowest BCUT2D eigenvalue weighted by Crippen LogP contribution is -2.37. The third kappa shape index (κ3) is 3.72. The van der Waals surface area contributed by atoms with Gasteiger partial charge in [0.25, 0.3) is 5.56 Å². The number of hydrogen-bond donors (Lipinski definition) is 1. The van der Waals surface area contributed by atoms with Crippen LogP contribution in [0.5, 0.6) is 0 Å². The van der Waals surface area contributed by atoms with Crippen LogP contribution in [0.2, 0.25) is 0 Å². The summed E-state index contributed by atoms with van der Waals surface area (Å²) in [6.07, 6.45) is 5.02. The molecule has 1 aliphatic rings. The van der Waals surface area contributed by atoms with Crippen molar-refractivity contribution < 1.29 is 0 Å². The molecule has 1 aromatic heterocycles. The number of benzene rings is 2. The minimum Gasteiger partial charge on any atom is -0.392 e. The SMILES string of the molecule is Nc1c(N2CCC(Cc3ccccc3)CC2)cnn(-c2ccccc2)c1=O. The predicted octanol–water partition coefficient (Wildman–Crippen LogP) is 3.27. The zero-order valence-corrected chi connectivity index (χ0v) is 15.3. The van der Waals surface area contributed by atoms with Gasteiger partial charge in [0.1, 0.15) is 5.69 Å². The number of para-hydroxylation sites is 1. The molecule has 0 aliphatic carbocycles. The van der Waals surface area contributed by atoms with Gasteiger partial charge in [0.15, 0.2) is 0 Å². The van der Waals surface area contributed by atoms with E-state index >= 15 is 0 Å². The van der Waals surface area contributed by atoms with E-state index in [4.69, 9.17) is 5.73 Å². The van der Waals surface area contributed by atoms with Gasteiger partial charge in [-0.25, -0.2) is 0 Å². The Hall–Kier alpha value is -3.08. The molecule has 2 aromatic carbocycles. The lowest BCUT2D eigenvalue weighted by Gasteiger charge is -2.34. The van der Waals surface area contributed by atoms with E-state index in [1.54, 1.807) is 6.20 Å². The number of piperidine rings is 1. The maximum atomic E-state index is 12.7. The van der Waals surface area contributed by atoms with Crippen LogP contribution in [0.4, 0.5) is 11.4 Å². The van der Waals surface area contributed by atoms with Crippen LogP contribution in [-0.2, 0) is 6.42 Å². The largest absolute Gasteiger partial charge is 0.392 e. The monoisotopic (exact) mass is 360 g/mol. The Morgan fingerprint density at radius 1 is 0.963 bits per heavy atom. The molecule has 1 aliphatic heterocycles. The summed E-state index contributed by atoms with van der Waals surface area (Å²) in [4.78, 5) is 14.9. The summed E-state index contributed by atoms with van der Waals surface area (Å²) in [6, 6.07) is 20.0. The molecule has 0 radical (unpaired) electrons. The second-order valence-corrected chi connectivity index (χ2v) is 7.12. The van der Waals surface area contributed by atoms with Crippen LogP contribution >= 0.6 is 0 Å². The zero-order chi connectivity index (χ0) is 18.6. The van der Waals surface area contributed by atoms with E-state index in [9.17, 15) is 4.79 Å². The summed E-state index contributed by atoms with van der Waals surface area (Å²) in [7, 11) is 0. The van der Waals surface area contributed by atoms with Gasteiger partial charge in [-0.15, -0.1) is 0 Å². The van der Waals surface area contributed by atoms with E-state index < -0.39 is 0 Å². The summed E-state index contributed by atoms with van der Waals surface area (Å²) >= 11 is 0. The Labute approximate surface area is 159 Å². The Morgan fingerprint density at radius 2 is 1.59 bits per heavy atom. The van der Waals surface area contributed by atoms with Crippen LogP contribution < -0.4 is 16.2 Å². The first-order chi connectivity index (χ1) is 13.2. The van der Waals surface area contributed by atoms with Crippen LogP contribution in [0, 0.1) is 5.92 Å². The highest BCUT2D eigenvalue weighted by atomic mass is 16.1. The van der Waals surface area contributed by atoms with Gasteiger partial charge < -0.3 is 10.6 Å². The fourth-order valence-corrected chi connectivity index (χ4v) is 3.79. The van der Waals surface area contributed by atoms with Crippen LogP contribution in [0.3, 0.4) is 0 Å². The average Bonchev–Trinajstić information content (AvgIpc) is 2.72. The number of nitrogens with zero attached hydrogens (tertiary/aromatic N) is 3. The molecule has 1 saturated heterocycles. The molecule has 0 atom stereocenters. The van der Waals surface area contributed by atoms with Crippen molar-refractivity contribution in [2.45, 2.75) is 19.3 Å². The Morgan fingerprint density at radius 3 is 2.26 bits per heavy atom. The first-order valence-electron chi connectivity index (χ1n) is 9.44. The third-order valence-electron chi connectivity index (χ3n) is 5.32. The van der Waals surface area contributed by atoms with Gasteiger partial charge >= 0.3 is 0 Å². The van der Waals surface area contributed by atoms with E-state index in [-0.39, 0.29) is 11.2 Å². The number of anilines is 2. The molecular weight excluding hydrogens is 336 g/mol. The normalized spacial score (nSPS) is 15.0. The molecule has 0 spiro atoms. The van der Waals surface area contributed by atoms with E-state index in [0.29, 0.717) is 5.92 Å². The summed E-state index contributed by atoms with van der Waals surface area (Å²) in [5.74, 6) is 0.669. The summed E-state index contributed by atoms with van der Waals surface area (Å²) in [5, 5.41) is 4.35. The topological polar surface area (TPSA) is 64.2 Å². The molecular formula is C22H24N4O. The number of aromatic nitrogens is 2. The summed E-state index contributed by atoms with van der Waals surface area (Å²) in [6.45, 7) is 1.80. The first-order valence-corrected chi connectivity index (χ1v) is 9.44. The van der Waals surface area contributed by atoms with Gasteiger partial charge in [-0.2, -0.15) is 9.78 Å². The van der Waals surface area contributed by atoms with Gasteiger partial charge in [-0.05, 0) is 42.9 Å². The number of rotatable bonds is 4. The molecule has 0 saturated carbocycles. The van der Waals surface area contributed by atoms with Crippen LogP contribution in [0.25, 0.3) is 5.69 Å². The van der Waals surface area contributed by atoms with Crippen molar-refractivity contribution in [3.05, 3.63) is 82.8 Å². The van der Waals surface area contributed by atoms with Gasteiger partial charge in [0.05, 0.1) is 17.6 Å². The molecule has 2 N–H and O–H groups in total. The summed E-state index contributed by atoms with van der Waals surface area (Å²) in [5.41, 5.74) is 9.08. The molecule has 0 amide bonds. The van der Waals surface area contributed by atoms with Gasteiger partial charge in [0, 0.05) is 13.1 Å². The standard InChI is InChI=1S/C22H24N4O/c23-21-20(16-24-26(22(21)27)19-9-5-2-6-10-19)25-13-11-18(12-14-25)15-17-7-3-1-4-8-17/h1-10,16,18H,11-15,23H2. The molecule has 5 heteroatoms. The van der Waals surface area contributed by atoms with E-state index in [2.05, 4.69) is 40.3 Å². The molecule has 0 bridgehead atoms. The lowest BCUT2D eigenvalue weighted by atomic mass is 9.90. The minimum absolute atomic E-state index is 0.259. The van der Waals surface area contributed by atoms with Gasteiger partial charge in [0.2, 0.25) is 0 Å². The van der Waals surface area contributed by atoms with Crippen molar-refractivity contribution in [2.75, 3.05) is 23.7 Å². The first kappa shape index (κ1) is 17.3. The lowest BCUT2D eigenvalue weighted by molar-refractivity contribution is 0.403. The molecule has 3 aromatic rings. The van der Waals surface area contributed by atoms with Crippen molar-refractivity contribution in [1.29, 1.82) is 0 Å². The van der Waals surface area contributed by atoms with Gasteiger partial charge in [-0.1, -0.05) is 48.5 Å². The molecule has 27 heavy (non-hydrogen) atoms. The highest BCUT2D eigenvalue weighted by Gasteiger charge is 2.22. The number of nitrogen functional groups attached to an aromatic ring is 1. The van der Waals surface area contributed by atoms with Crippen LogP contribution in [0.15, 0.2) is 71.7 Å². The van der Waals surface area contributed by atoms with Crippen molar-refractivity contribution in [2.24, 2.45) is 5.92 Å². The van der Waals surface area contributed by atoms with Crippen molar-refractivity contribution >= 4 is 11.4 Å². The molecule has 5 nitrogen and oxygen atoms in total. The Kier molecular flexibility index (Phi) is 4.92. The van der Waals surface area contributed by atoms with Crippen molar-refractivity contribution in [3.63, 3.8) is 0 Å². The fourth-order valence-electron chi connectivity index (χ4n) is 3.79. The minimum atomic E-state index is -0.259. The molecule has 2 heterocycles. The maximum absolute atomic E-state index is 12.7. The molecule has 1 fully saturated rings. The molecule has 4 rings (SSSR count). The maximum Gasteiger partial charge on any atom is 0.296 e. The molecule has 0 unspecified atom stereocenters. The smallest absolute Gasteiger partial charge is 0.296 e. The Balaban J connectivity index is 1.47. The van der Waals surface area contributed by atoms with E-state index in [1.807, 2.05) is 30.3 Å². The van der Waals surface area contributed by atoms with E-state index in [1.165, 1.54) is 10.2 Å². The average molecular weight is 360 g/mol. The van der Waals surface area contributed by atoms with E-state index in [0.717, 1.165) is 43.7 Å². The zero-order valence-electron chi connectivity index (χ0n) is 15.3. The summed E-state index contributed by atoms with van der Waals surface area (Å²) < 4.78 is 1.36. The highest BCUT2D eigenvalue weighted by Crippen LogP contribution is 2.27. The van der Waals surface area contributed by atoms with Crippen molar-refractivity contribution in [3.8, 4) is 5.69 Å². The number of nitrogens with two attached hydrogens (primary N) is 1. The second kappa shape index (κ2) is 7.66.